The number of benzene rings is 1. The molecule has 110 valence electrons. The van der Waals surface area contributed by atoms with Crippen molar-refractivity contribution in [3.05, 3.63) is 32.8 Å². The molecule has 0 bridgehead atoms. The molecule has 0 radical (unpaired) electrons. The summed E-state index contributed by atoms with van der Waals surface area (Å²) in [6.45, 7) is 0. The second-order valence-corrected chi connectivity index (χ2v) is 4.61. The van der Waals surface area contributed by atoms with Crippen molar-refractivity contribution in [2.24, 2.45) is 0 Å². The number of rotatable bonds is 5. The van der Waals surface area contributed by atoms with E-state index in [0.29, 0.717) is 6.07 Å². The minimum absolute atomic E-state index is 0.244. The molecule has 0 heterocycles. The Bertz CT molecular complexity index is 554. The lowest BCUT2D eigenvalue weighted by atomic mass is 10.1. The normalized spacial score (nSPS) is 12.2. The summed E-state index contributed by atoms with van der Waals surface area (Å²) in [6.07, 6.45) is -4.85. The van der Waals surface area contributed by atoms with Gasteiger partial charge in [0, 0.05) is 15.3 Å². The molecular weight excluding hydrogens is 328 g/mol. The summed E-state index contributed by atoms with van der Waals surface area (Å²) in [5, 5.41) is 9.95. The Morgan fingerprint density at radius 1 is 1.45 bits per heavy atom. The molecular formula is C8H6ClF3N2O5P+. The number of halogens is 4. The van der Waals surface area contributed by atoms with Gasteiger partial charge in [0.25, 0.3) is 5.69 Å². The zero-order valence-corrected chi connectivity index (χ0v) is 11.3. The topological polar surface area (TPSA) is 90.7 Å². The van der Waals surface area contributed by atoms with Gasteiger partial charge in [-0.3, -0.25) is 10.1 Å². The summed E-state index contributed by atoms with van der Waals surface area (Å²) in [6, 6.07) is 0.884. The maximum atomic E-state index is 12.6. The van der Waals surface area contributed by atoms with E-state index in [4.69, 9.17) is 11.6 Å². The quantitative estimate of drug-likeness (QED) is 0.499. The van der Waals surface area contributed by atoms with Crippen molar-refractivity contribution in [1.82, 2.24) is 0 Å². The first-order chi connectivity index (χ1) is 9.16. The lowest BCUT2D eigenvalue weighted by Crippen LogP contribution is -2.08. The monoisotopic (exact) mass is 333 g/mol. The largest absolute Gasteiger partial charge is 0.721 e. The fourth-order valence-corrected chi connectivity index (χ4v) is 1.65. The first-order valence-electron chi connectivity index (χ1n) is 4.66. The van der Waals surface area contributed by atoms with Crippen molar-refractivity contribution < 1.29 is 31.8 Å². The van der Waals surface area contributed by atoms with Crippen LogP contribution in [0.2, 0.25) is 5.02 Å². The minimum atomic E-state index is -4.85. The molecule has 0 amide bonds. The van der Waals surface area contributed by atoms with Crippen LogP contribution in [-0.2, 0) is 19.9 Å². The number of nitro groups is 1. The molecule has 0 aliphatic carbocycles. The van der Waals surface area contributed by atoms with Crippen LogP contribution in [0.4, 0.5) is 24.5 Å². The van der Waals surface area contributed by atoms with Crippen LogP contribution in [-0.4, -0.2) is 12.0 Å². The minimum Gasteiger partial charge on any atom is -0.258 e. The van der Waals surface area contributed by atoms with Gasteiger partial charge in [-0.05, 0) is 6.07 Å². The van der Waals surface area contributed by atoms with Crippen LogP contribution in [0.1, 0.15) is 5.56 Å². The van der Waals surface area contributed by atoms with E-state index in [1.165, 1.54) is 0 Å². The first-order valence-corrected chi connectivity index (χ1v) is 6.13. The van der Waals surface area contributed by atoms with E-state index in [1.807, 2.05) is 5.48 Å². The molecule has 1 aromatic carbocycles. The molecule has 0 fully saturated rings. The molecule has 1 unspecified atom stereocenters. The molecule has 1 aromatic rings. The van der Waals surface area contributed by atoms with Gasteiger partial charge in [-0.2, -0.15) is 13.2 Å². The third-order valence-corrected chi connectivity index (χ3v) is 2.82. The summed E-state index contributed by atoms with van der Waals surface area (Å²) in [5.41, 5.74) is -0.941. The van der Waals surface area contributed by atoms with E-state index in [2.05, 4.69) is 9.15 Å². The predicted molar refractivity (Wildman–Crippen MR) is 62.4 cm³/mol. The van der Waals surface area contributed by atoms with Gasteiger partial charge in [0.1, 0.15) is 5.69 Å². The number of anilines is 1. The Balaban J connectivity index is 3.21. The molecule has 0 aliphatic rings. The van der Waals surface area contributed by atoms with Gasteiger partial charge in [0.2, 0.25) is 0 Å². The van der Waals surface area contributed by atoms with E-state index in [0.717, 1.165) is 7.11 Å². The third kappa shape index (κ3) is 4.01. The maximum absolute atomic E-state index is 12.6. The predicted octanol–water partition coefficient (Wildman–Crippen LogP) is 3.91. The van der Waals surface area contributed by atoms with Crippen LogP contribution in [0.3, 0.4) is 0 Å². The Hall–Kier alpha value is -1.48. The van der Waals surface area contributed by atoms with Gasteiger partial charge < -0.3 is 0 Å². The number of nitrogens with zero attached hydrogens (tertiary/aromatic N) is 1. The van der Waals surface area contributed by atoms with Gasteiger partial charge in [0.05, 0.1) is 22.6 Å². The molecule has 12 heteroatoms. The summed E-state index contributed by atoms with van der Waals surface area (Å²) in [4.78, 5) is 9.65. The van der Waals surface area contributed by atoms with Gasteiger partial charge in [-0.15, -0.1) is 4.52 Å². The molecule has 0 saturated carbocycles. The molecule has 0 aliphatic heterocycles. The molecule has 20 heavy (non-hydrogen) atoms. The summed E-state index contributed by atoms with van der Waals surface area (Å²) in [7, 11) is -1.59. The summed E-state index contributed by atoms with van der Waals surface area (Å²) >= 11 is 5.40. The van der Waals surface area contributed by atoms with E-state index in [1.54, 1.807) is 0 Å². The highest BCUT2D eigenvalue weighted by Gasteiger charge is 2.36. The van der Waals surface area contributed by atoms with Crippen LogP contribution in [0.5, 0.6) is 0 Å². The Morgan fingerprint density at radius 3 is 2.50 bits per heavy atom. The Kier molecular flexibility index (Phi) is 5.23. The average Bonchev–Trinajstić information content (AvgIpc) is 2.33. The molecule has 1 atom stereocenters. The van der Waals surface area contributed by atoms with Gasteiger partial charge >= 0.3 is 14.4 Å². The molecule has 0 aromatic heterocycles. The fourth-order valence-electron chi connectivity index (χ4n) is 1.14. The van der Waals surface area contributed by atoms with Crippen LogP contribution >= 0.6 is 19.9 Å². The molecule has 0 spiro atoms. The maximum Gasteiger partial charge on any atom is 0.721 e. The molecule has 1 rings (SSSR count). The lowest BCUT2D eigenvalue weighted by Gasteiger charge is -2.10. The number of alkyl halides is 3. The number of hydrogen-bond acceptors (Lipinski definition) is 6. The highest BCUT2D eigenvalue weighted by Crippen LogP contribution is 2.40. The van der Waals surface area contributed by atoms with E-state index >= 15 is 0 Å². The third-order valence-electron chi connectivity index (χ3n) is 1.97. The molecule has 7 nitrogen and oxygen atoms in total. The van der Waals surface area contributed by atoms with Gasteiger partial charge in [-0.1, -0.05) is 11.6 Å². The van der Waals surface area contributed by atoms with E-state index < -0.39 is 41.3 Å². The smallest absolute Gasteiger partial charge is 0.258 e. The standard InChI is InChI=1S/C8H6ClF3N2O5P/c1-18-20(17)19-13-6-3-5(9)4(8(10,11)12)2-7(6)14(15)16/h2-3,13H,1H3/q+1. The second kappa shape index (κ2) is 6.31. The summed E-state index contributed by atoms with van der Waals surface area (Å²) in [5.74, 6) is 0. The first kappa shape index (κ1) is 16.6. The Labute approximate surface area is 115 Å². The number of hydrogen-bond donors (Lipinski definition) is 1. The van der Waals surface area contributed by atoms with Gasteiger partial charge in [0.15, 0.2) is 0 Å². The van der Waals surface area contributed by atoms with Crippen molar-refractivity contribution in [1.29, 1.82) is 0 Å². The van der Waals surface area contributed by atoms with Crippen LogP contribution in [0.25, 0.3) is 0 Å². The van der Waals surface area contributed by atoms with Gasteiger partial charge in [-0.25, -0.2) is 5.48 Å². The fraction of sp³-hybridized carbons (Fsp3) is 0.250. The van der Waals surface area contributed by atoms with E-state index in [9.17, 15) is 27.9 Å². The van der Waals surface area contributed by atoms with Crippen LogP contribution in [0.15, 0.2) is 12.1 Å². The molecule has 1 N–H and O–H groups in total. The van der Waals surface area contributed by atoms with Crippen molar-refractivity contribution in [2.45, 2.75) is 6.18 Å². The van der Waals surface area contributed by atoms with E-state index in [-0.39, 0.29) is 6.07 Å². The Morgan fingerprint density at radius 2 is 2.05 bits per heavy atom. The SMILES string of the molecule is CO[P+](=O)ONc1cc(Cl)c(C(F)(F)F)cc1[N+](=O)[O-]. The second-order valence-electron chi connectivity index (χ2n) is 3.20. The average molecular weight is 334 g/mol. The van der Waals surface area contributed by atoms with Crippen molar-refractivity contribution >= 4 is 31.2 Å². The van der Waals surface area contributed by atoms with Crippen LogP contribution in [0, 0.1) is 10.1 Å². The number of nitro benzene ring substituents is 1. The van der Waals surface area contributed by atoms with Crippen LogP contribution < -0.4 is 5.48 Å². The molecule has 0 saturated heterocycles. The zero-order valence-electron chi connectivity index (χ0n) is 9.60. The lowest BCUT2D eigenvalue weighted by molar-refractivity contribution is -0.384. The van der Waals surface area contributed by atoms with Crippen molar-refractivity contribution in [3.63, 3.8) is 0 Å². The summed E-state index contributed by atoms with van der Waals surface area (Å²) < 4.78 is 57.1. The highest BCUT2D eigenvalue weighted by atomic mass is 35.5. The van der Waals surface area contributed by atoms with Crippen molar-refractivity contribution in [2.75, 3.05) is 12.6 Å². The highest BCUT2D eigenvalue weighted by molar-refractivity contribution is 7.33. The number of nitrogens with one attached hydrogen (secondary N) is 1. The zero-order chi connectivity index (χ0) is 15.5. The van der Waals surface area contributed by atoms with Crippen molar-refractivity contribution in [3.8, 4) is 0 Å².